The predicted octanol–water partition coefficient (Wildman–Crippen LogP) is 3.00. The minimum Gasteiger partial charge on any atom is -0.456 e. The summed E-state index contributed by atoms with van der Waals surface area (Å²) in [6.07, 6.45) is 8.83. The van der Waals surface area contributed by atoms with Crippen LogP contribution in [0.5, 0.6) is 0 Å². The van der Waals surface area contributed by atoms with E-state index in [1.165, 1.54) is 0 Å². The monoisotopic (exact) mass is 797 g/mol. The Morgan fingerprint density at radius 3 is 2.40 bits per heavy atom. The topological polar surface area (TPSA) is 199 Å². The van der Waals surface area contributed by atoms with Crippen LogP contribution in [0.2, 0.25) is 0 Å². The van der Waals surface area contributed by atoms with Crippen molar-refractivity contribution in [3.05, 3.63) is 11.6 Å². The van der Waals surface area contributed by atoms with E-state index in [-0.39, 0.29) is 84.6 Å². The molecule has 0 radical (unpaired) electrons. The van der Waals surface area contributed by atoms with E-state index in [2.05, 4.69) is 17.6 Å². The van der Waals surface area contributed by atoms with Crippen molar-refractivity contribution in [2.45, 2.75) is 159 Å². The third-order valence-electron chi connectivity index (χ3n) is 18.2. The van der Waals surface area contributed by atoms with Crippen LogP contribution in [0.4, 0.5) is 0 Å². The molecule has 4 aliphatic carbocycles. The summed E-state index contributed by atoms with van der Waals surface area (Å²) in [5.74, 6) is 0.757. The minimum atomic E-state index is -1.04. The molecule has 18 unspecified atom stereocenters. The summed E-state index contributed by atoms with van der Waals surface area (Å²) >= 11 is 0. The molecule has 12 nitrogen and oxygen atoms in total. The van der Waals surface area contributed by atoms with Crippen molar-refractivity contribution in [1.82, 2.24) is 10.6 Å². The first kappa shape index (κ1) is 40.9. The highest BCUT2D eigenvalue weighted by Crippen LogP contribution is 2.62. The van der Waals surface area contributed by atoms with Gasteiger partial charge >= 0.3 is 5.97 Å². The molecule has 320 valence electrons. The van der Waals surface area contributed by atoms with Crippen LogP contribution in [0, 0.1) is 76.9 Å². The number of hydrogen-bond acceptors (Lipinski definition) is 12. The Bertz CT molecular complexity index is 1530. The molecule has 9 rings (SSSR count). The van der Waals surface area contributed by atoms with Gasteiger partial charge in [-0.3, -0.25) is 4.79 Å². The van der Waals surface area contributed by atoms with Gasteiger partial charge in [0.15, 0.2) is 0 Å². The zero-order valence-corrected chi connectivity index (χ0v) is 34.6. The number of aliphatic hydroxyl groups excluding tert-OH is 3. The number of hydrogen-bond donors (Lipinski definition) is 7. The molecule has 0 aromatic carbocycles. The lowest BCUT2D eigenvalue weighted by Crippen LogP contribution is -2.72. The van der Waals surface area contributed by atoms with Gasteiger partial charge in [0.2, 0.25) is 0 Å². The van der Waals surface area contributed by atoms with Gasteiger partial charge < -0.3 is 51.6 Å². The molecule has 9 N–H and O–H groups in total. The van der Waals surface area contributed by atoms with E-state index in [1.807, 2.05) is 6.92 Å². The highest BCUT2D eigenvalue weighted by atomic mass is 16.6. The molecular formula is C45H72N4O8. The molecule has 5 heterocycles. The minimum absolute atomic E-state index is 0.0221. The molecule has 57 heavy (non-hydrogen) atoms. The maximum atomic E-state index is 14.3. The lowest BCUT2D eigenvalue weighted by Gasteiger charge is -2.64. The number of ether oxygens (including phenoxy) is 3. The van der Waals surface area contributed by atoms with Gasteiger partial charge in [-0.05, 0) is 170 Å². The molecule has 9 aliphatic rings. The molecule has 0 aromatic rings. The van der Waals surface area contributed by atoms with Crippen molar-refractivity contribution < 1.29 is 39.1 Å². The van der Waals surface area contributed by atoms with Crippen LogP contribution in [0.25, 0.3) is 0 Å². The molecule has 9 fully saturated rings. The standard InChI is InChI=1S/C45H72N4O8/c1-4-21(2)44(54)56-35-18-32-40(53)39-34(52)17-27(20-50)55-42(39)38-31-14-24-13-26(51)8-5-22(24)6-10-29(37-30(31)11-12-48-43(37)47)28-9-7-23-16-36(46)49-19-25(23)15-33(28)45(35,3)57-41(32)38/h4,22-33,35-43,48-51,53H,5-20,46-47H2,1-3H3/t22?,23?,24?,25?,26?,27?,28-,29?,30?,31?,32?,33-,35-,36?,37?,38?,39?,40?,41?,42?,43?,45-/m0/s1. The number of rotatable bonds is 3. The first-order valence-corrected chi connectivity index (χ1v) is 23.0. The van der Waals surface area contributed by atoms with Gasteiger partial charge in [-0.1, -0.05) is 6.08 Å². The summed E-state index contributed by atoms with van der Waals surface area (Å²) in [5, 5.41) is 41.6. The second-order valence-corrected chi connectivity index (χ2v) is 20.7. The van der Waals surface area contributed by atoms with Gasteiger partial charge in [-0.15, -0.1) is 0 Å². The summed E-state index contributed by atoms with van der Waals surface area (Å²) in [6.45, 7) is 7.24. The Morgan fingerprint density at radius 1 is 0.860 bits per heavy atom. The summed E-state index contributed by atoms with van der Waals surface area (Å²) in [4.78, 5) is 28.2. The van der Waals surface area contributed by atoms with Crippen molar-refractivity contribution in [3.8, 4) is 0 Å². The molecule has 4 saturated carbocycles. The Hall–Kier alpha value is -1.48. The van der Waals surface area contributed by atoms with Crippen molar-refractivity contribution in [2.75, 3.05) is 19.7 Å². The molecule has 5 saturated heterocycles. The first-order chi connectivity index (χ1) is 27.4. The lowest BCUT2D eigenvalue weighted by atomic mass is 9.51. The average Bonchev–Trinajstić information content (AvgIpc) is 3.34. The molecular weight excluding hydrogens is 725 g/mol. The van der Waals surface area contributed by atoms with Gasteiger partial charge in [0.25, 0.3) is 0 Å². The Balaban J connectivity index is 1.26. The van der Waals surface area contributed by atoms with Gasteiger partial charge in [0.05, 0.1) is 55.4 Å². The number of allylic oxidation sites excluding steroid dienone is 1. The van der Waals surface area contributed by atoms with Gasteiger partial charge in [0, 0.05) is 23.8 Å². The molecule has 22 atom stereocenters. The summed E-state index contributed by atoms with van der Waals surface area (Å²) in [6, 6.07) is 0. The molecule has 4 bridgehead atoms. The highest BCUT2D eigenvalue weighted by molar-refractivity contribution is 5.87. The van der Waals surface area contributed by atoms with E-state index in [1.54, 1.807) is 13.0 Å². The SMILES string of the molecule is CC=C(C)C(=O)O[C@H]1CC2C(O)C3C(=O)CC(CO)OC3C3C4CC5CC(O)CCC5CCC(C5C(N)NCCC45)[C@@H]4CCC5CC(N)NCC5C[C@@H]4[C@]1(C)OC23. The first-order valence-electron chi connectivity index (χ1n) is 23.0. The second kappa shape index (κ2) is 16.1. The second-order valence-electron chi connectivity index (χ2n) is 20.7. The van der Waals surface area contributed by atoms with E-state index in [4.69, 9.17) is 25.7 Å². The van der Waals surface area contributed by atoms with Crippen LogP contribution in [-0.2, 0) is 23.8 Å². The predicted molar refractivity (Wildman–Crippen MR) is 213 cm³/mol. The summed E-state index contributed by atoms with van der Waals surface area (Å²) in [5.41, 5.74) is 13.6. The van der Waals surface area contributed by atoms with E-state index in [9.17, 15) is 24.9 Å². The van der Waals surface area contributed by atoms with Crippen LogP contribution < -0.4 is 22.1 Å². The Morgan fingerprint density at radius 2 is 1.61 bits per heavy atom. The largest absolute Gasteiger partial charge is 0.456 e. The summed E-state index contributed by atoms with van der Waals surface area (Å²) in [7, 11) is 0. The summed E-state index contributed by atoms with van der Waals surface area (Å²) < 4.78 is 21.5. The van der Waals surface area contributed by atoms with Gasteiger partial charge in [0.1, 0.15) is 17.5 Å². The van der Waals surface area contributed by atoms with Crippen molar-refractivity contribution in [1.29, 1.82) is 0 Å². The normalized spacial score (nSPS) is 53.9. The molecule has 0 amide bonds. The maximum absolute atomic E-state index is 14.3. The fourth-order valence-corrected chi connectivity index (χ4v) is 15.4. The van der Waals surface area contributed by atoms with Gasteiger partial charge in [-0.25, -0.2) is 4.79 Å². The number of fused-ring (bicyclic) bond motifs is 9. The fourth-order valence-electron chi connectivity index (χ4n) is 15.4. The highest BCUT2D eigenvalue weighted by Gasteiger charge is 2.67. The number of nitrogens with two attached hydrogens (primary N) is 2. The number of esters is 1. The van der Waals surface area contributed by atoms with E-state index >= 15 is 0 Å². The number of Topliss-reactive ketones (excluding diaryl/α,β-unsaturated/α-hetero) is 1. The molecule has 5 aliphatic heterocycles. The van der Waals surface area contributed by atoms with Crippen molar-refractivity contribution in [3.63, 3.8) is 0 Å². The van der Waals surface area contributed by atoms with E-state index in [0.717, 1.165) is 83.7 Å². The zero-order valence-electron chi connectivity index (χ0n) is 34.6. The number of ketones is 1. The van der Waals surface area contributed by atoms with Crippen LogP contribution in [-0.4, -0.2) is 101 Å². The number of nitrogens with one attached hydrogen (secondary N) is 2. The third-order valence-corrected chi connectivity index (χ3v) is 18.2. The number of aliphatic hydroxyl groups is 3. The third kappa shape index (κ3) is 7.10. The Kier molecular flexibility index (Phi) is 11.5. The molecule has 12 heteroatoms. The quantitative estimate of drug-likeness (QED) is 0.163. The van der Waals surface area contributed by atoms with E-state index in [0.29, 0.717) is 35.7 Å². The number of carbonyl (C=O) groups excluding carboxylic acids is 2. The van der Waals surface area contributed by atoms with Gasteiger partial charge in [-0.2, -0.15) is 0 Å². The zero-order chi connectivity index (χ0) is 39.9. The smallest absolute Gasteiger partial charge is 0.333 e. The van der Waals surface area contributed by atoms with Crippen LogP contribution in [0.1, 0.15) is 104 Å². The van der Waals surface area contributed by atoms with Crippen molar-refractivity contribution >= 4 is 11.8 Å². The number of carbonyl (C=O) groups is 2. The molecule has 0 spiro atoms. The lowest BCUT2D eigenvalue weighted by molar-refractivity contribution is -0.312. The average molecular weight is 797 g/mol. The molecule has 0 aromatic heterocycles. The Labute approximate surface area is 339 Å². The van der Waals surface area contributed by atoms with Crippen LogP contribution >= 0.6 is 0 Å². The number of piperidine rings is 2. The van der Waals surface area contributed by atoms with Crippen molar-refractivity contribution in [2.24, 2.45) is 88.4 Å². The van der Waals surface area contributed by atoms with E-state index < -0.39 is 48.0 Å². The van der Waals surface area contributed by atoms with Crippen LogP contribution in [0.15, 0.2) is 11.6 Å². The van der Waals surface area contributed by atoms with Crippen LogP contribution in [0.3, 0.4) is 0 Å². The maximum Gasteiger partial charge on any atom is 0.333 e. The fraction of sp³-hybridized carbons (Fsp3) is 0.911.